The topological polar surface area (TPSA) is 52.9 Å². The molecule has 140 valence electrons. The van der Waals surface area contributed by atoms with Crippen LogP contribution in [0.5, 0.6) is 0 Å². The van der Waals surface area contributed by atoms with E-state index in [1.54, 1.807) is 6.20 Å². The molecule has 1 aliphatic heterocycles. The van der Waals surface area contributed by atoms with Crippen LogP contribution in [0.15, 0.2) is 48.8 Å². The molecule has 0 spiro atoms. The minimum absolute atomic E-state index is 0.179. The van der Waals surface area contributed by atoms with Crippen LogP contribution in [-0.2, 0) is 6.54 Å². The van der Waals surface area contributed by atoms with Crippen molar-refractivity contribution in [3.63, 3.8) is 0 Å². The van der Waals surface area contributed by atoms with Crippen molar-refractivity contribution in [3.8, 4) is 0 Å². The quantitative estimate of drug-likeness (QED) is 0.774. The first-order chi connectivity index (χ1) is 13.1. The fraction of sp³-hybridized carbons (Fsp3) is 0.333. The van der Waals surface area contributed by atoms with E-state index in [9.17, 15) is 4.79 Å². The lowest BCUT2D eigenvalue weighted by Gasteiger charge is -2.32. The van der Waals surface area contributed by atoms with Crippen molar-refractivity contribution in [2.75, 3.05) is 38.5 Å². The van der Waals surface area contributed by atoms with E-state index in [-0.39, 0.29) is 5.91 Å². The molecule has 0 saturated carbocycles. The number of hydrogen-bond donors (Lipinski definition) is 1. The van der Waals surface area contributed by atoms with Gasteiger partial charge in [0.2, 0.25) is 0 Å². The lowest BCUT2D eigenvalue weighted by molar-refractivity contribution is 0.102. The molecule has 4 rings (SSSR count). The Labute approximate surface area is 159 Å². The van der Waals surface area contributed by atoms with Crippen molar-refractivity contribution in [1.82, 2.24) is 19.2 Å². The first-order valence-electron chi connectivity index (χ1n) is 9.34. The van der Waals surface area contributed by atoms with Gasteiger partial charge in [-0.25, -0.2) is 4.98 Å². The summed E-state index contributed by atoms with van der Waals surface area (Å²) in [6.45, 7) is 7.11. The third kappa shape index (κ3) is 4.02. The summed E-state index contributed by atoms with van der Waals surface area (Å²) >= 11 is 0. The Morgan fingerprint density at radius 3 is 2.74 bits per heavy atom. The number of amides is 1. The Bertz CT molecular complexity index is 956. The minimum Gasteiger partial charge on any atom is -0.320 e. The van der Waals surface area contributed by atoms with Gasteiger partial charge >= 0.3 is 0 Å². The predicted molar refractivity (Wildman–Crippen MR) is 107 cm³/mol. The van der Waals surface area contributed by atoms with Gasteiger partial charge in [-0.1, -0.05) is 18.2 Å². The first-order valence-corrected chi connectivity index (χ1v) is 9.34. The van der Waals surface area contributed by atoms with Crippen molar-refractivity contribution in [2.45, 2.75) is 13.5 Å². The monoisotopic (exact) mass is 363 g/mol. The molecule has 0 radical (unpaired) electrons. The molecule has 6 heteroatoms. The molecule has 2 aromatic heterocycles. The lowest BCUT2D eigenvalue weighted by Crippen LogP contribution is -2.43. The molecule has 0 unspecified atom stereocenters. The number of piperazine rings is 1. The van der Waals surface area contributed by atoms with Crippen molar-refractivity contribution >= 4 is 17.2 Å². The van der Waals surface area contributed by atoms with Crippen LogP contribution in [0.4, 0.5) is 5.69 Å². The van der Waals surface area contributed by atoms with E-state index in [2.05, 4.69) is 33.2 Å². The molecule has 0 aliphatic carbocycles. The number of carbonyl (C=O) groups is 1. The summed E-state index contributed by atoms with van der Waals surface area (Å²) in [4.78, 5) is 22.0. The highest BCUT2D eigenvalue weighted by Gasteiger charge is 2.17. The van der Waals surface area contributed by atoms with Crippen LogP contribution >= 0.6 is 0 Å². The van der Waals surface area contributed by atoms with Gasteiger partial charge in [-0.15, -0.1) is 0 Å². The zero-order valence-corrected chi connectivity index (χ0v) is 15.9. The number of carbonyl (C=O) groups excluding carboxylic acids is 1. The summed E-state index contributed by atoms with van der Waals surface area (Å²) in [5, 5.41) is 3.05. The fourth-order valence-electron chi connectivity index (χ4n) is 3.41. The maximum atomic E-state index is 12.7. The molecule has 1 aliphatic rings. The molecule has 1 amide bonds. The zero-order valence-electron chi connectivity index (χ0n) is 15.9. The molecule has 1 aromatic carbocycles. The number of hydrogen-bond acceptors (Lipinski definition) is 4. The lowest BCUT2D eigenvalue weighted by atomic mass is 10.1. The van der Waals surface area contributed by atoms with Gasteiger partial charge in [0.15, 0.2) is 0 Å². The van der Waals surface area contributed by atoms with Gasteiger partial charge in [0.1, 0.15) is 11.3 Å². The van der Waals surface area contributed by atoms with E-state index in [0.29, 0.717) is 5.69 Å². The molecule has 6 nitrogen and oxygen atoms in total. The standard InChI is InChI=1S/C21H25N5O/c1-16-7-8-26-15-19(22-20(26)13-16)21(27)23-18-6-4-3-5-17(18)14-25-11-9-24(2)10-12-25/h3-8,13,15H,9-12,14H2,1-2H3,(H,23,27). The number of rotatable bonds is 4. The predicted octanol–water partition coefficient (Wildman–Crippen LogP) is 2.64. The Kier molecular flexibility index (Phi) is 4.92. The van der Waals surface area contributed by atoms with Crippen LogP contribution in [0, 0.1) is 6.92 Å². The number of nitrogens with zero attached hydrogens (tertiary/aromatic N) is 4. The van der Waals surface area contributed by atoms with Crippen molar-refractivity contribution in [2.24, 2.45) is 0 Å². The summed E-state index contributed by atoms with van der Waals surface area (Å²) in [6.07, 6.45) is 3.70. The number of aromatic nitrogens is 2. The maximum absolute atomic E-state index is 12.7. The van der Waals surface area contributed by atoms with E-state index in [4.69, 9.17) is 0 Å². The highest BCUT2D eigenvalue weighted by Crippen LogP contribution is 2.19. The second kappa shape index (κ2) is 7.50. The van der Waals surface area contributed by atoms with Crippen molar-refractivity contribution < 1.29 is 4.79 Å². The maximum Gasteiger partial charge on any atom is 0.275 e. The van der Waals surface area contributed by atoms with Crippen LogP contribution in [0.25, 0.3) is 5.65 Å². The number of nitrogens with one attached hydrogen (secondary N) is 1. The normalized spacial score (nSPS) is 15.9. The molecule has 1 saturated heterocycles. The summed E-state index contributed by atoms with van der Waals surface area (Å²) in [6, 6.07) is 12.0. The van der Waals surface area contributed by atoms with Crippen LogP contribution in [0.3, 0.4) is 0 Å². The Morgan fingerprint density at radius 1 is 1.15 bits per heavy atom. The van der Waals surface area contributed by atoms with Gasteiger partial charge in [-0.2, -0.15) is 0 Å². The Morgan fingerprint density at radius 2 is 1.93 bits per heavy atom. The number of aryl methyl sites for hydroxylation is 1. The van der Waals surface area contributed by atoms with Crippen LogP contribution in [0.1, 0.15) is 21.6 Å². The molecule has 3 heterocycles. The number of benzene rings is 1. The van der Waals surface area contributed by atoms with Crippen molar-refractivity contribution in [3.05, 3.63) is 65.6 Å². The molecule has 1 fully saturated rings. The first kappa shape index (κ1) is 17.7. The second-order valence-electron chi connectivity index (χ2n) is 7.29. The largest absolute Gasteiger partial charge is 0.320 e. The summed E-state index contributed by atoms with van der Waals surface area (Å²) in [7, 11) is 2.15. The van der Waals surface area contributed by atoms with E-state index < -0.39 is 0 Å². The number of likely N-dealkylation sites (N-methyl/N-ethyl adjacent to an activating group) is 1. The third-order valence-electron chi connectivity index (χ3n) is 5.10. The number of imidazole rings is 1. The SMILES string of the molecule is Cc1ccn2cc(C(=O)Nc3ccccc3CN3CCN(C)CC3)nc2c1. The molecule has 0 atom stereocenters. The minimum atomic E-state index is -0.179. The van der Waals surface area contributed by atoms with Crippen LogP contribution in [0.2, 0.25) is 0 Å². The zero-order chi connectivity index (χ0) is 18.8. The molecular weight excluding hydrogens is 338 g/mol. The van der Waals surface area contributed by atoms with Crippen LogP contribution < -0.4 is 5.32 Å². The Balaban J connectivity index is 1.50. The molecule has 0 bridgehead atoms. The van der Waals surface area contributed by atoms with E-state index in [0.717, 1.165) is 55.2 Å². The molecule has 3 aromatic rings. The van der Waals surface area contributed by atoms with Crippen molar-refractivity contribution in [1.29, 1.82) is 0 Å². The number of fused-ring (bicyclic) bond motifs is 1. The summed E-state index contributed by atoms with van der Waals surface area (Å²) in [5.41, 5.74) is 4.32. The van der Waals surface area contributed by atoms with E-state index >= 15 is 0 Å². The summed E-state index contributed by atoms with van der Waals surface area (Å²) < 4.78 is 1.87. The smallest absolute Gasteiger partial charge is 0.275 e. The summed E-state index contributed by atoms with van der Waals surface area (Å²) in [5.74, 6) is -0.179. The molecular formula is C21H25N5O. The van der Waals surface area contributed by atoms with Gasteiger partial charge in [0.05, 0.1) is 0 Å². The van der Waals surface area contributed by atoms with Gasteiger partial charge in [0.25, 0.3) is 5.91 Å². The number of para-hydroxylation sites is 1. The molecule has 1 N–H and O–H groups in total. The van der Waals surface area contributed by atoms with E-state index in [1.165, 1.54) is 0 Å². The number of anilines is 1. The Hall–Kier alpha value is -2.70. The third-order valence-corrected chi connectivity index (χ3v) is 5.10. The highest BCUT2D eigenvalue weighted by molar-refractivity contribution is 6.03. The van der Waals surface area contributed by atoms with E-state index in [1.807, 2.05) is 47.9 Å². The number of pyridine rings is 1. The second-order valence-corrected chi connectivity index (χ2v) is 7.29. The molecule has 27 heavy (non-hydrogen) atoms. The van der Waals surface area contributed by atoms with Gasteiger partial charge in [0, 0.05) is 50.8 Å². The highest BCUT2D eigenvalue weighted by atomic mass is 16.1. The average molecular weight is 363 g/mol. The van der Waals surface area contributed by atoms with Gasteiger partial charge in [-0.05, 0) is 43.3 Å². The van der Waals surface area contributed by atoms with Gasteiger partial charge in [-0.3, -0.25) is 9.69 Å². The van der Waals surface area contributed by atoms with Gasteiger partial charge < -0.3 is 14.6 Å². The fourth-order valence-corrected chi connectivity index (χ4v) is 3.41. The average Bonchev–Trinajstić information content (AvgIpc) is 3.08. The van der Waals surface area contributed by atoms with Crippen LogP contribution in [-0.4, -0.2) is 58.3 Å².